The van der Waals surface area contributed by atoms with Gasteiger partial charge in [-0.1, -0.05) is 54.1 Å². The summed E-state index contributed by atoms with van der Waals surface area (Å²) in [7, 11) is 0. The summed E-state index contributed by atoms with van der Waals surface area (Å²) in [6.07, 6.45) is 1.88. The molecule has 0 unspecified atom stereocenters. The van der Waals surface area contributed by atoms with Gasteiger partial charge in [-0.3, -0.25) is 4.98 Å². The molecular weight excluding hydrogens is 206 g/mol. The fourth-order valence-electron chi connectivity index (χ4n) is 2.12. The van der Waals surface area contributed by atoms with Crippen LogP contribution < -0.4 is 0 Å². The van der Waals surface area contributed by atoms with Crippen LogP contribution in [0.2, 0.25) is 0 Å². The molecule has 0 radical (unpaired) electrons. The highest BCUT2D eigenvalue weighted by Crippen LogP contribution is 2.26. The molecule has 0 N–H and O–H groups in total. The number of aryl methyl sites for hydroxylation is 1. The van der Waals surface area contributed by atoms with Crippen molar-refractivity contribution in [3.8, 4) is 11.3 Å². The first-order valence-corrected chi connectivity index (χ1v) is 5.75. The number of aromatic nitrogens is 1. The second-order valence-electron chi connectivity index (χ2n) is 4.25. The van der Waals surface area contributed by atoms with E-state index in [0.717, 1.165) is 5.69 Å². The molecule has 3 rings (SSSR count). The maximum atomic E-state index is 4.51. The Labute approximate surface area is 101 Å². The minimum Gasteiger partial charge on any atom is -0.256 e. The Balaban J connectivity index is 2.31. The van der Waals surface area contributed by atoms with Crippen molar-refractivity contribution in [3.05, 3.63) is 66.4 Å². The molecule has 1 aromatic heterocycles. The summed E-state index contributed by atoms with van der Waals surface area (Å²) in [5.41, 5.74) is 3.51. The van der Waals surface area contributed by atoms with Gasteiger partial charge in [0.05, 0.1) is 5.69 Å². The molecule has 0 amide bonds. The maximum Gasteiger partial charge on any atom is 0.0780 e. The van der Waals surface area contributed by atoms with Gasteiger partial charge in [-0.25, -0.2) is 0 Å². The highest BCUT2D eigenvalue weighted by molar-refractivity contribution is 5.94. The topological polar surface area (TPSA) is 12.9 Å². The molecule has 0 aliphatic rings. The number of rotatable bonds is 1. The van der Waals surface area contributed by atoms with Gasteiger partial charge in [-0.15, -0.1) is 0 Å². The van der Waals surface area contributed by atoms with Crippen molar-refractivity contribution in [3.63, 3.8) is 0 Å². The summed E-state index contributed by atoms with van der Waals surface area (Å²) >= 11 is 0. The van der Waals surface area contributed by atoms with E-state index in [1.165, 1.54) is 21.9 Å². The summed E-state index contributed by atoms with van der Waals surface area (Å²) < 4.78 is 0. The fraction of sp³-hybridized carbons (Fsp3) is 0.0625. The van der Waals surface area contributed by atoms with E-state index >= 15 is 0 Å². The van der Waals surface area contributed by atoms with Crippen molar-refractivity contribution < 1.29 is 0 Å². The van der Waals surface area contributed by atoms with Gasteiger partial charge in [-0.05, 0) is 18.4 Å². The van der Waals surface area contributed by atoms with E-state index in [1.807, 2.05) is 24.4 Å². The third-order valence-corrected chi connectivity index (χ3v) is 2.97. The predicted molar refractivity (Wildman–Crippen MR) is 71.9 cm³/mol. The smallest absolute Gasteiger partial charge is 0.0780 e. The highest BCUT2D eigenvalue weighted by Gasteiger charge is 2.04. The summed E-state index contributed by atoms with van der Waals surface area (Å²) in [6.45, 7) is 2.11. The molecule has 0 atom stereocenters. The Bertz CT molecular complexity index is 657. The van der Waals surface area contributed by atoms with E-state index in [0.29, 0.717) is 0 Å². The third-order valence-electron chi connectivity index (χ3n) is 2.97. The fourth-order valence-corrected chi connectivity index (χ4v) is 2.12. The summed E-state index contributed by atoms with van der Waals surface area (Å²) in [4.78, 5) is 4.51. The molecule has 1 heterocycles. The first kappa shape index (κ1) is 10.0. The maximum absolute atomic E-state index is 4.51. The van der Waals surface area contributed by atoms with Crippen molar-refractivity contribution >= 4 is 10.8 Å². The van der Waals surface area contributed by atoms with Crippen LogP contribution in [0, 0.1) is 6.92 Å². The molecule has 0 fully saturated rings. The van der Waals surface area contributed by atoms with Crippen LogP contribution >= 0.6 is 0 Å². The van der Waals surface area contributed by atoms with E-state index in [4.69, 9.17) is 0 Å². The first-order chi connectivity index (χ1) is 8.34. The SMILES string of the molecule is Cc1ccc2c(-c3ccccc3)nccc2c1. The average molecular weight is 219 g/mol. The first-order valence-electron chi connectivity index (χ1n) is 5.75. The summed E-state index contributed by atoms with van der Waals surface area (Å²) in [5, 5.41) is 2.46. The van der Waals surface area contributed by atoms with Crippen molar-refractivity contribution in [1.29, 1.82) is 0 Å². The van der Waals surface area contributed by atoms with E-state index in [-0.39, 0.29) is 0 Å². The Morgan fingerprint density at radius 1 is 0.882 bits per heavy atom. The zero-order valence-corrected chi connectivity index (χ0v) is 9.72. The van der Waals surface area contributed by atoms with Crippen molar-refractivity contribution in [2.45, 2.75) is 6.92 Å². The minimum absolute atomic E-state index is 1.06. The molecule has 2 aromatic carbocycles. The third kappa shape index (κ3) is 1.80. The second kappa shape index (κ2) is 4.02. The van der Waals surface area contributed by atoms with Gasteiger partial charge in [0.2, 0.25) is 0 Å². The number of benzene rings is 2. The highest BCUT2D eigenvalue weighted by atomic mass is 14.7. The van der Waals surface area contributed by atoms with Crippen molar-refractivity contribution in [1.82, 2.24) is 4.98 Å². The molecule has 82 valence electrons. The normalized spacial score (nSPS) is 10.6. The average Bonchev–Trinajstić information content (AvgIpc) is 2.39. The molecule has 0 saturated heterocycles. The Kier molecular flexibility index (Phi) is 2.37. The van der Waals surface area contributed by atoms with Crippen LogP contribution in [0.15, 0.2) is 60.8 Å². The van der Waals surface area contributed by atoms with Gasteiger partial charge in [0, 0.05) is 17.1 Å². The van der Waals surface area contributed by atoms with Crippen LogP contribution in [0.25, 0.3) is 22.0 Å². The van der Waals surface area contributed by atoms with Gasteiger partial charge in [0.1, 0.15) is 0 Å². The van der Waals surface area contributed by atoms with Gasteiger partial charge >= 0.3 is 0 Å². The molecule has 0 bridgehead atoms. The lowest BCUT2D eigenvalue weighted by atomic mass is 10.0. The molecular formula is C16H13N. The second-order valence-corrected chi connectivity index (χ2v) is 4.25. The number of hydrogen-bond donors (Lipinski definition) is 0. The van der Waals surface area contributed by atoms with Crippen LogP contribution in [-0.2, 0) is 0 Å². The lowest BCUT2D eigenvalue weighted by Crippen LogP contribution is -1.86. The Morgan fingerprint density at radius 3 is 2.53 bits per heavy atom. The van der Waals surface area contributed by atoms with Gasteiger partial charge in [0.25, 0.3) is 0 Å². The number of hydrogen-bond acceptors (Lipinski definition) is 1. The number of pyridine rings is 1. The quantitative estimate of drug-likeness (QED) is 0.597. The van der Waals surface area contributed by atoms with Crippen LogP contribution in [-0.4, -0.2) is 4.98 Å². The minimum atomic E-state index is 1.06. The van der Waals surface area contributed by atoms with E-state index in [1.54, 1.807) is 0 Å². The van der Waals surface area contributed by atoms with Crippen molar-refractivity contribution in [2.24, 2.45) is 0 Å². The Hall–Kier alpha value is -2.15. The monoisotopic (exact) mass is 219 g/mol. The largest absolute Gasteiger partial charge is 0.256 e. The van der Waals surface area contributed by atoms with Crippen LogP contribution in [0.3, 0.4) is 0 Å². The molecule has 3 aromatic rings. The van der Waals surface area contributed by atoms with E-state index in [9.17, 15) is 0 Å². The zero-order chi connectivity index (χ0) is 11.7. The summed E-state index contributed by atoms with van der Waals surface area (Å²) in [6, 6.07) is 18.9. The lowest BCUT2D eigenvalue weighted by molar-refractivity contribution is 1.35. The number of nitrogens with zero attached hydrogens (tertiary/aromatic N) is 1. The lowest BCUT2D eigenvalue weighted by Gasteiger charge is -2.06. The van der Waals surface area contributed by atoms with Crippen LogP contribution in [0.4, 0.5) is 0 Å². The molecule has 0 aliphatic heterocycles. The van der Waals surface area contributed by atoms with Crippen molar-refractivity contribution in [2.75, 3.05) is 0 Å². The van der Waals surface area contributed by atoms with E-state index < -0.39 is 0 Å². The summed E-state index contributed by atoms with van der Waals surface area (Å²) in [5.74, 6) is 0. The van der Waals surface area contributed by atoms with Crippen LogP contribution in [0.5, 0.6) is 0 Å². The van der Waals surface area contributed by atoms with E-state index in [2.05, 4.69) is 48.3 Å². The Morgan fingerprint density at radius 2 is 1.71 bits per heavy atom. The van der Waals surface area contributed by atoms with Gasteiger partial charge < -0.3 is 0 Å². The molecule has 0 aliphatic carbocycles. The van der Waals surface area contributed by atoms with Gasteiger partial charge in [-0.2, -0.15) is 0 Å². The molecule has 0 saturated carbocycles. The molecule has 1 nitrogen and oxygen atoms in total. The van der Waals surface area contributed by atoms with Crippen LogP contribution in [0.1, 0.15) is 5.56 Å². The number of fused-ring (bicyclic) bond motifs is 1. The predicted octanol–water partition coefficient (Wildman–Crippen LogP) is 4.21. The zero-order valence-electron chi connectivity index (χ0n) is 9.72. The molecule has 17 heavy (non-hydrogen) atoms. The standard InChI is InChI=1S/C16H13N/c1-12-7-8-15-14(11-12)9-10-17-16(15)13-5-3-2-4-6-13/h2-11H,1H3. The van der Waals surface area contributed by atoms with Gasteiger partial charge in [0.15, 0.2) is 0 Å². The molecule has 0 spiro atoms. The molecule has 1 heteroatoms.